The van der Waals surface area contributed by atoms with Crippen LogP contribution in [0.4, 0.5) is 5.69 Å². The molecule has 0 fully saturated rings. The minimum atomic E-state index is -4.13. The molecule has 3 rings (SSSR count). The molecule has 0 bridgehead atoms. The number of aryl methyl sites for hydroxylation is 2. The summed E-state index contributed by atoms with van der Waals surface area (Å²) in [6.45, 7) is 7.47. The third kappa shape index (κ3) is 5.85. The molecule has 1 amide bonds. The number of benzene rings is 3. The zero-order chi connectivity index (χ0) is 26.5. The summed E-state index contributed by atoms with van der Waals surface area (Å²) in [4.78, 5) is 12.8. The summed E-state index contributed by atoms with van der Waals surface area (Å²) in [5.74, 6) is 0.0738. The number of carbonyl (C=O) groups is 1. The number of amides is 1. The highest BCUT2D eigenvalue weighted by Crippen LogP contribution is 2.32. The second-order valence-electron chi connectivity index (χ2n) is 8.38. The molecule has 0 saturated heterocycles. The van der Waals surface area contributed by atoms with Gasteiger partial charge in [0.25, 0.3) is 15.9 Å². The first-order valence-corrected chi connectivity index (χ1v) is 12.7. The van der Waals surface area contributed by atoms with E-state index in [1.165, 1.54) is 38.0 Å². The van der Waals surface area contributed by atoms with Crippen LogP contribution in [0.5, 0.6) is 11.5 Å². The predicted molar refractivity (Wildman–Crippen MR) is 142 cm³/mol. The van der Waals surface area contributed by atoms with Gasteiger partial charge in [-0.1, -0.05) is 29.8 Å². The Bertz CT molecular complexity index is 1380. The molecule has 0 unspecified atom stereocenters. The molecule has 190 valence electrons. The molecular formula is C27H31N3O5S. The molecule has 9 heteroatoms. The van der Waals surface area contributed by atoms with Crippen LogP contribution in [0.15, 0.2) is 64.6 Å². The summed E-state index contributed by atoms with van der Waals surface area (Å²) in [5, 5.41) is 4.06. The van der Waals surface area contributed by atoms with Crippen LogP contribution < -0.4 is 19.2 Å². The second-order valence-corrected chi connectivity index (χ2v) is 10.2. The van der Waals surface area contributed by atoms with Crippen molar-refractivity contribution in [3.8, 4) is 11.5 Å². The highest BCUT2D eigenvalue weighted by atomic mass is 32.2. The monoisotopic (exact) mass is 509 g/mol. The average Bonchev–Trinajstić information content (AvgIpc) is 2.87. The van der Waals surface area contributed by atoms with E-state index in [0.717, 1.165) is 26.6 Å². The second kappa shape index (κ2) is 11.3. The molecule has 0 aliphatic carbocycles. The van der Waals surface area contributed by atoms with Gasteiger partial charge in [0.2, 0.25) is 0 Å². The quantitative estimate of drug-likeness (QED) is 0.343. The van der Waals surface area contributed by atoms with Crippen molar-refractivity contribution < 1.29 is 22.7 Å². The molecular weight excluding hydrogens is 478 g/mol. The van der Waals surface area contributed by atoms with E-state index < -0.39 is 22.5 Å². The van der Waals surface area contributed by atoms with E-state index in [1.54, 1.807) is 30.5 Å². The summed E-state index contributed by atoms with van der Waals surface area (Å²) in [6, 6.07) is 15.1. The van der Waals surface area contributed by atoms with Gasteiger partial charge < -0.3 is 9.47 Å². The summed E-state index contributed by atoms with van der Waals surface area (Å²) in [7, 11) is -1.24. The summed E-state index contributed by atoms with van der Waals surface area (Å²) >= 11 is 0. The molecule has 0 radical (unpaired) electrons. The van der Waals surface area contributed by atoms with Crippen molar-refractivity contribution in [2.75, 3.05) is 25.1 Å². The van der Waals surface area contributed by atoms with Crippen molar-refractivity contribution in [3.05, 3.63) is 82.4 Å². The average molecular weight is 510 g/mol. The SMILES string of the molecule is COc1ccc(S(=O)(=O)N(CC(=O)N/N=C\c2ccc(C)c(C)c2C)c2ccc(C)cc2)cc1OC. The number of hydrogen-bond donors (Lipinski definition) is 1. The van der Waals surface area contributed by atoms with Crippen molar-refractivity contribution in [1.82, 2.24) is 5.43 Å². The Hall–Kier alpha value is -3.85. The molecule has 0 spiro atoms. The molecule has 3 aromatic rings. The van der Waals surface area contributed by atoms with Crippen LogP contribution >= 0.6 is 0 Å². The van der Waals surface area contributed by atoms with Gasteiger partial charge in [0, 0.05) is 6.07 Å². The van der Waals surface area contributed by atoms with E-state index in [2.05, 4.69) is 10.5 Å². The third-order valence-electron chi connectivity index (χ3n) is 6.04. The first-order valence-electron chi connectivity index (χ1n) is 11.3. The van der Waals surface area contributed by atoms with Crippen LogP contribution in [0.3, 0.4) is 0 Å². The van der Waals surface area contributed by atoms with E-state index in [1.807, 2.05) is 39.8 Å². The fourth-order valence-electron chi connectivity index (χ4n) is 3.59. The van der Waals surface area contributed by atoms with E-state index in [-0.39, 0.29) is 10.6 Å². The van der Waals surface area contributed by atoms with E-state index in [9.17, 15) is 13.2 Å². The van der Waals surface area contributed by atoms with Crippen molar-refractivity contribution in [1.29, 1.82) is 0 Å². The Morgan fingerprint density at radius 2 is 1.58 bits per heavy atom. The summed E-state index contributed by atoms with van der Waals surface area (Å²) in [6.07, 6.45) is 1.55. The van der Waals surface area contributed by atoms with Crippen LogP contribution in [-0.2, 0) is 14.8 Å². The van der Waals surface area contributed by atoms with E-state index in [0.29, 0.717) is 11.4 Å². The Kier molecular flexibility index (Phi) is 8.37. The molecule has 0 aromatic heterocycles. The number of carbonyl (C=O) groups excluding carboxylic acids is 1. The minimum Gasteiger partial charge on any atom is -0.493 e. The first kappa shape index (κ1) is 26.7. The van der Waals surface area contributed by atoms with Crippen LogP contribution in [0.1, 0.15) is 27.8 Å². The number of nitrogens with zero attached hydrogens (tertiary/aromatic N) is 2. The highest BCUT2D eigenvalue weighted by Gasteiger charge is 2.28. The Balaban J connectivity index is 1.90. The van der Waals surface area contributed by atoms with Crippen LogP contribution in [0.2, 0.25) is 0 Å². The molecule has 1 N–H and O–H groups in total. The van der Waals surface area contributed by atoms with Gasteiger partial charge in [-0.25, -0.2) is 13.8 Å². The predicted octanol–water partition coefficient (Wildman–Crippen LogP) is 4.28. The number of ether oxygens (including phenoxy) is 2. The van der Waals surface area contributed by atoms with Gasteiger partial charge in [-0.2, -0.15) is 5.10 Å². The van der Waals surface area contributed by atoms with Gasteiger partial charge in [-0.15, -0.1) is 0 Å². The van der Waals surface area contributed by atoms with E-state index in [4.69, 9.17) is 9.47 Å². The number of sulfonamides is 1. The lowest BCUT2D eigenvalue weighted by atomic mass is 10.00. The van der Waals surface area contributed by atoms with Crippen LogP contribution in [0, 0.1) is 27.7 Å². The molecule has 36 heavy (non-hydrogen) atoms. The van der Waals surface area contributed by atoms with Crippen molar-refractivity contribution in [3.63, 3.8) is 0 Å². The van der Waals surface area contributed by atoms with Gasteiger partial charge in [0.1, 0.15) is 6.54 Å². The number of methoxy groups -OCH3 is 2. The maximum atomic E-state index is 13.6. The lowest BCUT2D eigenvalue weighted by Gasteiger charge is -2.24. The van der Waals surface area contributed by atoms with Crippen LogP contribution in [-0.4, -0.2) is 41.3 Å². The molecule has 0 heterocycles. The number of rotatable bonds is 9. The number of anilines is 1. The van der Waals surface area contributed by atoms with Gasteiger partial charge in [-0.05, 0) is 74.2 Å². The Labute approximate surface area is 212 Å². The molecule has 8 nitrogen and oxygen atoms in total. The maximum Gasteiger partial charge on any atom is 0.264 e. The van der Waals surface area contributed by atoms with Crippen molar-refractivity contribution in [2.24, 2.45) is 5.10 Å². The summed E-state index contributed by atoms with van der Waals surface area (Å²) < 4.78 is 38.8. The van der Waals surface area contributed by atoms with Crippen LogP contribution in [0.25, 0.3) is 0 Å². The largest absolute Gasteiger partial charge is 0.493 e. The van der Waals surface area contributed by atoms with Crippen molar-refractivity contribution in [2.45, 2.75) is 32.6 Å². The number of hydrazone groups is 1. The summed E-state index contributed by atoms with van der Waals surface area (Å²) in [5.41, 5.74) is 8.00. The Morgan fingerprint density at radius 3 is 2.22 bits per heavy atom. The normalized spacial score (nSPS) is 11.4. The zero-order valence-corrected chi connectivity index (χ0v) is 22.1. The zero-order valence-electron chi connectivity index (χ0n) is 21.3. The maximum absolute atomic E-state index is 13.6. The van der Waals surface area contributed by atoms with Gasteiger partial charge in [0.05, 0.1) is 31.0 Å². The number of nitrogens with one attached hydrogen (secondary N) is 1. The standard InChI is InChI=1S/C27H31N3O5S/c1-18-7-11-23(12-8-18)30(36(32,33)24-13-14-25(34-5)26(15-24)35-6)17-27(31)29-28-16-22-10-9-19(2)20(3)21(22)4/h7-16H,17H2,1-6H3,(H,29,31)/b28-16-. The molecule has 0 aliphatic rings. The molecule has 0 saturated carbocycles. The highest BCUT2D eigenvalue weighted by molar-refractivity contribution is 7.92. The molecule has 0 atom stereocenters. The first-order chi connectivity index (χ1) is 17.1. The lowest BCUT2D eigenvalue weighted by molar-refractivity contribution is -0.119. The Morgan fingerprint density at radius 1 is 0.917 bits per heavy atom. The van der Waals surface area contributed by atoms with Gasteiger partial charge in [-0.3, -0.25) is 9.10 Å². The molecule has 0 aliphatic heterocycles. The smallest absolute Gasteiger partial charge is 0.264 e. The van der Waals surface area contributed by atoms with Gasteiger partial charge >= 0.3 is 0 Å². The third-order valence-corrected chi connectivity index (χ3v) is 7.81. The topological polar surface area (TPSA) is 97.3 Å². The van der Waals surface area contributed by atoms with Crippen molar-refractivity contribution >= 4 is 27.8 Å². The van der Waals surface area contributed by atoms with E-state index >= 15 is 0 Å². The lowest BCUT2D eigenvalue weighted by Crippen LogP contribution is -2.39. The molecule has 3 aromatic carbocycles. The fourth-order valence-corrected chi connectivity index (χ4v) is 5.02. The minimum absolute atomic E-state index is 0.0391. The number of hydrogen-bond acceptors (Lipinski definition) is 6. The fraction of sp³-hybridized carbons (Fsp3) is 0.259. The van der Waals surface area contributed by atoms with Gasteiger partial charge in [0.15, 0.2) is 11.5 Å².